The molecule has 1 aliphatic heterocycles. The van der Waals surface area contributed by atoms with Gasteiger partial charge in [-0.25, -0.2) is 0 Å². The molecule has 0 saturated carbocycles. The molecule has 0 aliphatic carbocycles. The van der Waals surface area contributed by atoms with Gasteiger partial charge in [0.2, 0.25) is 0 Å². The summed E-state index contributed by atoms with van der Waals surface area (Å²) in [6, 6.07) is 7.68. The second-order valence-electron chi connectivity index (χ2n) is 5.83. The lowest BCUT2D eigenvalue weighted by Crippen LogP contribution is -2.40. The Bertz CT molecular complexity index is 507. The molecule has 2 rings (SSSR count). The molecule has 1 aromatic carbocycles. The molecular weight excluding hydrogens is 278 g/mol. The summed E-state index contributed by atoms with van der Waals surface area (Å²) in [5.74, 6) is -1.21. The van der Waals surface area contributed by atoms with Gasteiger partial charge in [-0.1, -0.05) is 6.92 Å². The van der Waals surface area contributed by atoms with E-state index in [2.05, 4.69) is 15.5 Å². The van der Waals surface area contributed by atoms with Gasteiger partial charge in [0.1, 0.15) is 0 Å². The monoisotopic (exact) mass is 303 g/mol. The van der Waals surface area contributed by atoms with Gasteiger partial charge in [-0.15, -0.1) is 0 Å². The van der Waals surface area contributed by atoms with Gasteiger partial charge < -0.3 is 15.5 Å². The number of benzene rings is 1. The number of nitrogens with zero attached hydrogens (tertiary/aromatic N) is 1. The zero-order valence-electron chi connectivity index (χ0n) is 13.4. The zero-order chi connectivity index (χ0) is 15.9. The highest BCUT2D eigenvalue weighted by molar-refractivity contribution is 6.39. The topological polar surface area (TPSA) is 61.4 Å². The van der Waals surface area contributed by atoms with E-state index >= 15 is 0 Å². The highest BCUT2D eigenvalue weighted by Gasteiger charge is 2.16. The maximum atomic E-state index is 11.8. The second kappa shape index (κ2) is 7.82. The number of anilines is 2. The van der Waals surface area contributed by atoms with Crippen molar-refractivity contribution in [2.45, 2.75) is 45.6 Å². The maximum absolute atomic E-state index is 11.8. The molecule has 0 bridgehead atoms. The van der Waals surface area contributed by atoms with E-state index in [4.69, 9.17) is 0 Å². The van der Waals surface area contributed by atoms with Gasteiger partial charge in [0.25, 0.3) is 0 Å². The molecule has 0 aromatic heterocycles. The van der Waals surface area contributed by atoms with E-state index in [1.807, 2.05) is 38.1 Å². The van der Waals surface area contributed by atoms with Crippen molar-refractivity contribution in [3.8, 4) is 0 Å². The van der Waals surface area contributed by atoms with Crippen LogP contribution in [0.4, 0.5) is 11.4 Å². The number of piperidine rings is 1. The van der Waals surface area contributed by atoms with Crippen LogP contribution in [0.15, 0.2) is 24.3 Å². The van der Waals surface area contributed by atoms with Crippen LogP contribution in [0, 0.1) is 0 Å². The maximum Gasteiger partial charge on any atom is 0.313 e. The molecule has 22 heavy (non-hydrogen) atoms. The van der Waals surface area contributed by atoms with Gasteiger partial charge in [0, 0.05) is 30.5 Å². The van der Waals surface area contributed by atoms with Crippen LogP contribution >= 0.6 is 0 Å². The summed E-state index contributed by atoms with van der Waals surface area (Å²) in [5, 5.41) is 5.29. The number of nitrogens with one attached hydrogen (secondary N) is 2. The van der Waals surface area contributed by atoms with Gasteiger partial charge in [0.05, 0.1) is 0 Å². The number of carbonyl (C=O) groups excluding carboxylic acids is 2. The van der Waals surface area contributed by atoms with Gasteiger partial charge in [-0.05, 0) is 56.9 Å². The molecule has 1 aliphatic rings. The molecule has 5 heteroatoms. The van der Waals surface area contributed by atoms with E-state index in [1.165, 1.54) is 24.9 Å². The van der Waals surface area contributed by atoms with E-state index in [0.717, 1.165) is 19.5 Å². The molecule has 0 spiro atoms. The molecule has 120 valence electrons. The van der Waals surface area contributed by atoms with Crippen LogP contribution in [0.3, 0.4) is 0 Å². The predicted molar refractivity (Wildman–Crippen MR) is 89.0 cm³/mol. The van der Waals surface area contributed by atoms with Crippen LogP contribution in [0.25, 0.3) is 0 Å². The average Bonchev–Trinajstić information content (AvgIpc) is 2.56. The zero-order valence-corrected chi connectivity index (χ0v) is 13.4. The smallest absolute Gasteiger partial charge is 0.313 e. The highest BCUT2D eigenvalue weighted by atomic mass is 16.2. The average molecular weight is 303 g/mol. The number of hydrogen-bond acceptors (Lipinski definition) is 3. The molecular formula is C17H25N3O2. The summed E-state index contributed by atoms with van der Waals surface area (Å²) in [6.07, 6.45) is 4.56. The fourth-order valence-corrected chi connectivity index (χ4v) is 2.49. The third-order valence-electron chi connectivity index (χ3n) is 4.04. The lowest BCUT2D eigenvalue weighted by Gasteiger charge is -2.28. The Balaban J connectivity index is 1.90. The summed E-state index contributed by atoms with van der Waals surface area (Å²) < 4.78 is 0. The normalized spacial score (nSPS) is 16.0. The Hall–Kier alpha value is -2.04. The summed E-state index contributed by atoms with van der Waals surface area (Å²) >= 11 is 0. The minimum absolute atomic E-state index is 0.000252. The van der Waals surface area contributed by atoms with E-state index < -0.39 is 11.8 Å². The van der Waals surface area contributed by atoms with Crippen molar-refractivity contribution in [1.82, 2.24) is 5.32 Å². The second-order valence-corrected chi connectivity index (χ2v) is 5.83. The Labute approximate surface area is 132 Å². The van der Waals surface area contributed by atoms with Crippen molar-refractivity contribution in [2.75, 3.05) is 23.3 Å². The molecule has 0 radical (unpaired) electrons. The van der Waals surface area contributed by atoms with Gasteiger partial charge >= 0.3 is 11.8 Å². The summed E-state index contributed by atoms with van der Waals surface area (Å²) in [7, 11) is 0. The van der Waals surface area contributed by atoms with Gasteiger partial charge in [0.15, 0.2) is 0 Å². The Morgan fingerprint density at radius 2 is 1.73 bits per heavy atom. The third-order valence-corrected chi connectivity index (χ3v) is 4.04. The molecule has 1 aromatic rings. The molecule has 5 nitrogen and oxygen atoms in total. The largest absolute Gasteiger partial charge is 0.372 e. The molecule has 2 amide bonds. The summed E-state index contributed by atoms with van der Waals surface area (Å²) in [5.41, 5.74) is 1.81. The van der Waals surface area contributed by atoms with Crippen LogP contribution < -0.4 is 15.5 Å². The first-order chi connectivity index (χ1) is 10.6. The van der Waals surface area contributed by atoms with Crippen molar-refractivity contribution in [2.24, 2.45) is 0 Å². The minimum atomic E-state index is -0.619. The van der Waals surface area contributed by atoms with Crippen molar-refractivity contribution in [3.63, 3.8) is 0 Å². The predicted octanol–water partition coefficient (Wildman–Crippen LogP) is 2.53. The lowest BCUT2D eigenvalue weighted by molar-refractivity contribution is -0.136. The minimum Gasteiger partial charge on any atom is -0.372 e. The first kappa shape index (κ1) is 16.3. The summed E-state index contributed by atoms with van der Waals surface area (Å²) in [6.45, 7) is 6.01. The highest BCUT2D eigenvalue weighted by Crippen LogP contribution is 2.21. The molecule has 1 saturated heterocycles. The van der Waals surface area contributed by atoms with Crippen molar-refractivity contribution in [3.05, 3.63) is 24.3 Å². The van der Waals surface area contributed by atoms with Gasteiger partial charge in [-0.3, -0.25) is 9.59 Å². The Morgan fingerprint density at radius 1 is 1.09 bits per heavy atom. The van der Waals surface area contributed by atoms with Crippen LogP contribution in [0.2, 0.25) is 0 Å². The molecule has 1 unspecified atom stereocenters. The van der Waals surface area contributed by atoms with Crippen molar-refractivity contribution < 1.29 is 9.59 Å². The third kappa shape index (κ3) is 4.48. The van der Waals surface area contributed by atoms with E-state index in [-0.39, 0.29) is 6.04 Å². The van der Waals surface area contributed by atoms with Crippen LogP contribution in [-0.4, -0.2) is 30.9 Å². The van der Waals surface area contributed by atoms with Gasteiger partial charge in [-0.2, -0.15) is 0 Å². The fraction of sp³-hybridized carbons (Fsp3) is 0.529. The van der Waals surface area contributed by atoms with Crippen LogP contribution in [0.5, 0.6) is 0 Å². The molecule has 1 atom stereocenters. The first-order valence-electron chi connectivity index (χ1n) is 8.07. The molecule has 2 N–H and O–H groups in total. The Kier molecular flexibility index (Phi) is 5.81. The SMILES string of the molecule is CCC(C)NC(=O)C(=O)Nc1ccc(N2CCCCC2)cc1. The number of rotatable bonds is 4. The van der Waals surface area contributed by atoms with Crippen molar-refractivity contribution in [1.29, 1.82) is 0 Å². The fourth-order valence-electron chi connectivity index (χ4n) is 2.49. The quantitative estimate of drug-likeness (QED) is 0.840. The number of hydrogen-bond donors (Lipinski definition) is 2. The number of amides is 2. The van der Waals surface area contributed by atoms with Crippen molar-refractivity contribution >= 4 is 23.2 Å². The molecule has 1 heterocycles. The van der Waals surface area contributed by atoms with E-state index in [9.17, 15) is 9.59 Å². The molecule has 1 fully saturated rings. The van der Waals surface area contributed by atoms with Crippen LogP contribution in [-0.2, 0) is 9.59 Å². The van der Waals surface area contributed by atoms with E-state index in [0.29, 0.717) is 5.69 Å². The number of carbonyl (C=O) groups is 2. The first-order valence-corrected chi connectivity index (χ1v) is 8.07. The van der Waals surface area contributed by atoms with Crippen LogP contribution in [0.1, 0.15) is 39.5 Å². The standard InChI is InChI=1S/C17H25N3O2/c1-3-13(2)18-16(21)17(22)19-14-7-9-15(10-8-14)20-11-5-4-6-12-20/h7-10,13H,3-6,11-12H2,1-2H3,(H,18,21)(H,19,22). The summed E-state index contributed by atoms with van der Waals surface area (Å²) in [4.78, 5) is 25.9. The van der Waals surface area contributed by atoms with E-state index in [1.54, 1.807) is 0 Å². The Morgan fingerprint density at radius 3 is 2.32 bits per heavy atom. The lowest BCUT2D eigenvalue weighted by atomic mass is 10.1.